The molecule has 0 saturated carbocycles. The van der Waals surface area contributed by atoms with Gasteiger partial charge < -0.3 is 10.0 Å². The van der Waals surface area contributed by atoms with Crippen molar-refractivity contribution in [2.24, 2.45) is 0 Å². The van der Waals surface area contributed by atoms with Gasteiger partial charge in [0, 0.05) is 5.69 Å². The van der Waals surface area contributed by atoms with Crippen molar-refractivity contribution in [1.29, 1.82) is 5.26 Å². The van der Waals surface area contributed by atoms with Gasteiger partial charge in [0.05, 0.1) is 35.3 Å². The summed E-state index contributed by atoms with van der Waals surface area (Å²) < 4.78 is 38.8. The molecule has 1 aliphatic heterocycles. The standard InChI is InChI=1S/C14H13F3N2O2/c1-8-13(2,21)6-12(20)19(8)10-4-3-9(7-18)11(5-10)14(15,16)17/h3-5,8,21H,6H2,1-2H3/t8-,13-/m0/s1. The van der Waals surface area contributed by atoms with E-state index in [0.29, 0.717) is 0 Å². The van der Waals surface area contributed by atoms with E-state index in [2.05, 4.69) is 0 Å². The second-order valence-electron chi connectivity index (χ2n) is 5.31. The maximum atomic E-state index is 12.9. The van der Waals surface area contributed by atoms with Crippen molar-refractivity contribution >= 4 is 11.6 Å². The number of carbonyl (C=O) groups excluding carboxylic acids is 1. The minimum Gasteiger partial charge on any atom is -0.387 e. The number of hydrogen-bond acceptors (Lipinski definition) is 3. The highest BCUT2D eigenvalue weighted by molar-refractivity contribution is 5.97. The molecule has 1 fully saturated rings. The number of nitriles is 1. The summed E-state index contributed by atoms with van der Waals surface area (Å²) in [5.41, 5.74) is -2.87. The highest BCUT2D eigenvalue weighted by atomic mass is 19.4. The first-order valence-electron chi connectivity index (χ1n) is 6.23. The molecule has 1 aliphatic rings. The number of alkyl halides is 3. The van der Waals surface area contributed by atoms with Crippen molar-refractivity contribution in [2.75, 3.05) is 4.90 Å². The van der Waals surface area contributed by atoms with E-state index < -0.39 is 34.9 Å². The molecule has 0 aliphatic carbocycles. The average Bonchev–Trinajstić information content (AvgIpc) is 2.56. The molecule has 0 spiro atoms. The lowest BCUT2D eigenvalue weighted by Gasteiger charge is -2.28. The Morgan fingerprint density at radius 1 is 1.48 bits per heavy atom. The second kappa shape index (κ2) is 4.74. The number of benzene rings is 1. The maximum absolute atomic E-state index is 12.9. The van der Waals surface area contributed by atoms with Crippen LogP contribution in [-0.4, -0.2) is 22.7 Å². The van der Waals surface area contributed by atoms with Gasteiger partial charge in [0.1, 0.15) is 0 Å². The van der Waals surface area contributed by atoms with Gasteiger partial charge in [-0.25, -0.2) is 0 Å². The lowest BCUT2D eigenvalue weighted by atomic mass is 9.98. The van der Waals surface area contributed by atoms with E-state index in [9.17, 15) is 23.1 Å². The largest absolute Gasteiger partial charge is 0.417 e. The zero-order chi connectivity index (χ0) is 16.0. The van der Waals surface area contributed by atoms with Crippen LogP contribution in [0.2, 0.25) is 0 Å². The van der Waals surface area contributed by atoms with Crippen LogP contribution in [0.1, 0.15) is 31.4 Å². The normalized spacial score (nSPS) is 26.0. The van der Waals surface area contributed by atoms with Gasteiger partial charge in [0.2, 0.25) is 5.91 Å². The summed E-state index contributed by atoms with van der Waals surface area (Å²) in [6, 6.07) is 3.92. The summed E-state index contributed by atoms with van der Waals surface area (Å²) in [6.45, 7) is 3.03. The molecule has 21 heavy (non-hydrogen) atoms. The summed E-state index contributed by atoms with van der Waals surface area (Å²) >= 11 is 0. The van der Waals surface area contributed by atoms with Crippen molar-refractivity contribution in [3.05, 3.63) is 29.3 Å². The third-order valence-electron chi connectivity index (χ3n) is 3.77. The third-order valence-corrected chi connectivity index (χ3v) is 3.77. The Labute approximate surface area is 119 Å². The fourth-order valence-corrected chi connectivity index (χ4v) is 2.41. The summed E-state index contributed by atoms with van der Waals surface area (Å²) in [4.78, 5) is 13.1. The monoisotopic (exact) mass is 298 g/mol. The number of hydrogen-bond donors (Lipinski definition) is 1. The predicted molar refractivity (Wildman–Crippen MR) is 68.3 cm³/mol. The Morgan fingerprint density at radius 2 is 2.10 bits per heavy atom. The van der Waals surface area contributed by atoms with Gasteiger partial charge in [0.15, 0.2) is 0 Å². The Morgan fingerprint density at radius 3 is 2.52 bits per heavy atom. The van der Waals surface area contributed by atoms with Crippen LogP contribution >= 0.6 is 0 Å². The zero-order valence-corrected chi connectivity index (χ0v) is 11.4. The molecule has 4 nitrogen and oxygen atoms in total. The van der Waals surface area contributed by atoms with Crippen LogP contribution in [0.4, 0.5) is 18.9 Å². The molecule has 0 aromatic heterocycles. The Bertz CT molecular complexity index is 632. The summed E-state index contributed by atoms with van der Waals surface area (Å²) in [5.74, 6) is -0.453. The predicted octanol–water partition coefficient (Wildman–Crippen LogP) is 2.45. The lowest BCUT2D eigenvalue weighted by Crippen LogP contribution is -2.40. The SMILES string of the molecule is C[C@@H]1N(c2ccc(C#N)c(C(F)(F)F)c2)C(=O)C[C@]1(C)O. The number of carbonyl (C=O) groups is 1. The van der Waals surface area contributed by atoms with Gasteiger partial charge in [0.25, 0.3) is 0 Å². The smallest absolute Gasteiger partial charge is 0.387 e. The summed E-state index contributed by atoms with van der Waals surface area (Å²) in [5, 5.41) is 18.8. The van der Waals surface area contributed by atoms with Crippen molar-refractivity contribution in [2.45, 2.75) is 38.1 Å². The first kappa shape index (κ1) is 15.3. The lowest BCUT2D eigenvalue weighted by molar-refractivity contribution is -0.137. The Kier molecular flexibility index (Phi) is 3.46. The van der Waals surface area contributed by atoms with Crippen LogP contribution in [0.25, 0.3) is 0 Å². The second-order valence-corrected chi connectivity index (χ2v) is 5.31. The van der Waals surface area contributed by atoms with E-state index in [1.165, 1.54) is 19.1 Å². The highest BCUT2D eigenvalue weighted by Gasteiger charge is 2.46. The molecule has 1 N–H and O–H groups in total. The van der Waals surface area contributed by atoms with Gasteiger partial charge >= 0.3 is 6.18 Å². The van der Waals surface area contributed by atoms with Gasteiger partial charge in [-0.05, 0) is 32.0 Å². The molecule has 1 saturated heterocycles. The van der Waals surface area contributed by atoms with Crippen LogP contribution < -0.4 is 4.90 Å². The summed E-state index contributed by atoms with van der Waals surface area (Å²) in [7, 11) is 0. The Hall–Kier alpha value is -2.07. The van der Waals surface area contributed by atoms with Crippen molar-refractivity contribution in [1.82, 2.24) is 0 Å². The van der Waals surface area contributed by atoms with E-state index in [4.69, 9.17) is 5.26 Å². The minimum absolute atomic E-state index is 0.0246. The maximum Gasteiger partial charge on any atom is 0.417 e. The fraction of sp³-hybridized carbons (Fsp3) is 0.429. The zero-order valence-electron chi connectivity index (χ0n) is 11.4. The molecule has 0 unspecified atom stereocenters. The number of aliphatic hydroxyl groups is 1. The van der Waals surface area contributed by atoms with Crippen molar-refractivity contribution in [3.63, 3.8) is 0 Å². The van der Waals surface area contributed by atoms with E-state index in [1.54, 1.807) is 6.92 Å². The van der Waals surface area contributed by atoms with Gasteiger partial charge in [-0.3, -0.25) is 4.79 Å². The molecular formula is C14H13F3N2O2. The fourth-order valence-electron chi connectivity index (χ4n) is 2.41. The molecule has 1 amide bonds. The number of halogens is 3. The summed E-state index contributed by atoms with van der Waals surface area (Å²) in [6.07, 6.45) is -4.84. The van der Waals surface area contributed by atoms with Crippen LogP contribution in [0.5, 0.6) is 0 Å². The van der Waals surface area contributed by atoms with Crippen LogP contribution in [0.3, 0.4) is 0 Å². The van der Waals surface area contributed by atoms with Gasteiger partial charge in [-0.15, -0.1) is 0 Å². The van der Waals surface area contributed by atoms with Crippen LogP contribution in [-0.2, 0) is 11.0 Å². The quantitative estimate of drug-likeness (QED) is 0.866. The molecule has 112 valence electrons. The molecule has 0 radical (unpaired) electrons. The topological polar surface area (TPSA) is 64.3 Å². The van der Waals surface area contributed by atoms with Crippen molar-refractivity contribution < 1.29 is 23.1 Å². The number of nitrogens with zero attached hydrogens (tertiary/aromatic N) is 2. The molecule has 1 aromatic carbocycles. The first-order chi connectivity index (χ1) is 9.58. The van der Waals surface area contributed by atoms with E-state index in [-0.39, 0.29) is 12.1 Å². The number of anilines is 1. The molecule has 1 aromatic rings. The molecule has 0 bridgehead atoms. The number of amides is 1. The average molecular weight is 298 g/mol. The molecule has 1 heterocycles. The van der Waals surface area contributed by atoms with E-state index >= 15 is 0 Å². The highest BCUT2D eigenvalue weighted by Crippen LogP contribution is 2.38. The van der Waals surface area contributed by atoms with E-state index in [0.717, 1.165) is 17.0 Å². The Balaban J connectivity index is 2.52. The molecule has 2 rings (SSSR count). The van der Waals surface area contributed by atoms with Gasteiger partial charge in [-0.1, -0.05) is 0 Å². The molecule has 2 atom stereocenters. The van der Waals surface area contributed by atoms with Crippen LogP contribution in [0.15, 0.2) is 18.2 Å². The number of rotatable bonds is 1. The van der Waals surface area contributed by atoms with E-state index in [1.807, 2.05) is 0 Å². The first-order valence-corrected chi connectivity index (χ1v) is 6.23. The van der Waals surface area contributed by atoms with Crippen molar-refractivity contribution in [3.8, 4) is 6.07 Å². The molecular weight excluding hydrogens is 285 g/mol. The minimum atomic E-state index is -4.68. The van der Waals surface area contributed by atoms with Crippen LogP contribution in [0, 0.1) is 11.3 Å². The van der Waals surface area contributed by atoms with Gasteiger partial charge in [-0.2, -0.15) is 18.4 Å². The third kappa shape index (κ3) is 2.59. The molecule has 7 heteroatoms.